The number of hydrogen-bond donors (Lipinski definition) is 3. The Morgan fingerprint density at radius 2 is 1.83 bits per heavy atom. The molecule has 0 aliphatic carbocycles. The predicted molar refractivity (Wildman–Crippen MR) is 73.3 cm³/mol. The molecular weight excluding hydrogens is 298 g/mol. The highest BCUT2D eigenvalue weighted by Gasteiger charge is 2.14. The quantitative estimate of drug-likeness (QED) is 0.743. The van der Waals surface area contributed by atoms with E-state index >= 15 is 0 Å². The Bertz CT molecular complexity index is 376. The molecule has 0 saturated carbocycles. The van der Waals surface area contributed by atoms with Gasteiger partial charge in [-0.15, -0.1) is 0 Å². The van der Waals surface area contributed by atoms with E-state index in [1.807, 2.05) is 31.2 Å². The van der Waals surface area contributed by atoms with Crippen LogP contribution in [-0.2, 0) is 4.79 Å². The van der Waals surface area contributed by atoms with Gasteiger partial charge in [-0.2, -0.15) is 0 Å². The summed E-state index contributed by atoms with van der Waals surface area (Å²) in [5.74, 6) is -0.0744. The molecule has 0 fully saturated rings. The number of halogens is 1. The van der Waals surface area contributed by atoms with Crippen molar-refractivity contribution in [2.24, 2.45) is 0 Å². The lowest BCUT2D eigenvalue weighted by Crippen LogP contribution is -2.40. The summed E-state index contributed by atoms with van der Waals surface area (Å²) in [6.45, 7) is 1.46. The molecule has 1 amide bonds. The monoisotopic (exact) mass is 315 g/mol. The smallest absolute Gasteiger partial charge is 0.220 e. The van der Waals surface area contributed by atoms with Crippen molar-refractivity contribution in [3.05, 3.63) is 34.3 Å². The number of rotatable bonds is 6. The third-order valence-corrected chi connectivity index (χ3v) is 3.27. The summed E-state index contributed by atoms with van der Waals surface area (Å²) >= 11 is 3.36. The lowest BCUT2D eigenvalue weighted by atomic mass is 9.97. The van der Waals surface area contributed by atoms with Crippen LogP contribution >= 0.6 is 15.9 Å². The van der Waals surface area contributed by atoms with Crippen LogP contribution in [0.25, 0.3) is 0 Å². The zero-order valence-electron chi connectivity index (χ0n) is 10.3. The van der Waals surface area contributed by atoms with E-state index in [2.05, 4.69) is 21.2 Å². The molecule has 0 radical (unpaired) electrons. The van der Waals surface area contributed by atoms with E-state index in [1.54, 1.807) is 0 Å². The van der Waals surface area contributed by atoms with Crippen molar-refractivity contribution in [2.45, 2.75) is 25.3 Å². The number of carbonyl (C=O) groups excluding carboxylic acids is 1. The lowest BCUT2D eigenvalue weighted by Gasteiger charge is -2.16. The van der Waals surface area contributed by atoms with E-state index in [0.29, 0.717) is 6.42 Å². The maximum Gasteiger partial charge on any atom is 0.220 e. The minimum Gasteiger partial charge on any atom is -0.394 e. The number of benzene rings is 1. The first kappa shape index (κ1) is 15.1. The molecule has 0 spiro atoms. The van der Waals surface area contributed by atoms with Gasteiger partial charge >= 0.3 is 0 Å². The number of hydrogen-bond acceptors (Lipinski definition) is 3. The standard InChI is InChI=1S/C13H18BrNO3/c1-9(10-2-4-11(14)5-3-10)6-13(18)15-12(7-16)8-17/h2-5,9,12,16-17H,6-8H2,1H3,(H,15,18). The van der Waals surface area contributed by atoms with Gasteiger partial charge in [0, 0.05) is 10.9 Å². The molecular formula is C13H18BrNO3. The zero-order valence-corrected chi connectivity index (χ0v) is 11.9. The van der Waals surface area contributed by atoms with Gasteiger partial charge in [0.15, 0.2) is 0 Å². The topological polar surface area (TPSA) is 69.6 Å². The van der Waals surface area contributed by atoms with E-state index < -0.39 is 6.04 Å². The highest BCUT2D eigenvalue weighted by Crippen LogP contribution is 2.21. The van der Waals surface area contributed by atoms with Crippen molar-refractivity contribution in [1.29, 1.82) is 0 Å². The summed E-state index contributed by atoms with van der Waals surface area (Å²) in [6, 6.07) is 7.24. The van der Waals surface area contributed by atoms with Gasteiger partial charge in [-0.1, -0.05) is 35.0 Å². The molecule has 0 aliphatic rings. The van der Waals surface area contributed by atoms with E-state index in [-0.39, 0.29) is 25.0 Å². The second kappa shape index (κ2) is 7.51. The number of aliphatic hydroxyl groups excluding tert-OH is 2. The van der Waals surface area contributed by atoms with Crippen LogP contribution in [0.1, 0.15) is 24.8 Å². The van der Waals surface area contributed by atoms with Crippen molar-refractivity contribution >= 4 is 21.8 Å². The van der Waals surface area contributed by atoms with Crippen LogP contribution in [0.5, 0.6) is 0 Å². The van der Waals surface area contributed by atoms with E-state index in [9.17, 15) is 4.79 Å². The molecule has 3 N–H and O–H groups in total. The molecule has 1 atom stereocenters. The van der Waals surface area contributed by atoms with Crippen LogP contribution in [0.4, 0.5) is 0 Å². The molecule has 0 saturated heterocycles. The van der Waals surface area contributed by atoms with Crippen molar-refractivity contribution in [3.63, 3.8) is 0 Å². The van der Waals surface area contributed by atoms with Gasteiger partial charge in [-0.25, -0.2) is 0 Å². The summed E-state index contributed by atoms with van der Waals surface area (Å²) in [6.07, 6.45) is 0.331. The van der Waals surface area contributed by atoms with Crippen LogP contribution in [-0.4, -0.2) is 35.4 Å². The molecule has 0 heterocycles. The number of nitrogens with one attached hydrogen (secondary N) is 1. The van der Waals surface area contributed by atoms with Gasteiger partial charge in [0.05, 0.1) is 19.3 Å². The average Bonchev–Trinajstić information content (AvgIpc) is 2.36. The summed E-state index contributed by atoms with van der Waals surface area (Å²) in [5.41, 5.74) is 1.08. The van der Waals surface area contributed by atoms with Gasteiger partial charge in [0.25, 0.3) is 0 Å². The van der Waals surface area contributed by atoms with Crippen LogP contribution < -0.4 is 5.32 Å². The molecule has 100 valence electrons. The Balaban J connectivity index is 2.51. The summed E-state index contributed by atoms with van der Waals surface area (Å²) in [7, 11) is 0. The van der Waals surface area contributed by atoms with Gasteiger partial charge < -0.3 is 15.5 Å². The number of aliphatic hydroxyl groups is 2. The first-order valence-electron chi connectivity index (χ1n) is 5.83. The molecule has 0 aliphatic heterocycles. The molecule has 1 unspecified atom stereocenters. The zero-order chi connectivity index (χ0) is 13.5. The number of carbonyl (C=O) groups is 1. The number of amides is 1. The Kier molecular flexibility index (Phi) is 6.32. The largest absolute Gasteiger partial charge is 0.394 e. The molecule has 1 aromatic carbocycles. The summed E-state index contributed by atoms with van der Waals surface area (Å²) < 4.78 is 1.00. The highest BCUT2D eigenvalue weighted by atomic mass is 79.9. The van der Waals surface area contributed by atoms with Crippen LogP contribution in [0.3, 0.4) is 0 Å². The second-order valence-corrected chi connectivity index (χ2v) is 5.20. The Hall–Kier alpha value is -0.910. The Labute approximate surface area is 115 Å². The fourth-order valence-electron chi connectivity index (χ4n) is 1.62. The first-order valence-corrected chi connectivity index (χ1v) is 6.62. The van der Waals surface area contributed by atoms with Crippen LogP contribution in [0.2, 0.25) is 0 Å². The molecule has 1 aromatic rings. The first-order chi connectivity index (χ1) is 8.56. The van der Waals surface area contributed by atoms with Gasteiger partial charge in [-0.3, -0.25) is 4.79 Å². The Morgan fingerprint density at radius 3 is 2.33 bits per heavy atom. The SMILES string of the molecule is CC(CC(=O)NC(CO)CO)c1ccc(Br)cc1. The molecule has 18 heavy (non-hydrogen) atoms. The normalized spacial score (nSPS) is 12.5. The average molecular weight is 316 g/mol. The van der Waals surface area contributed by atoms with Crippen LogP contribution in [0.15, 0.2) is 28.7 Å². The minimum atomic E-state index is -0.574. The second-order valence-electron chi connectivity index (χ2n) is 4.29. The fraction of sp³-hybridized carbons (Fsp3) is 0.462. The third-order valence-electron chi connectivity index (χ3n) is 2.74. The molecule has 0 bridgehead atoms. The van der Waals surface area contributed by atoms with E-state index in [4.69, 9.17) is 10.2 Å². The predicted octanol–water partition coefficient (Wildman–Crippen LogP) is 1.41. The van der Waals surface area contributed by atoms with E-state index in [0.717, 1.165) is 10.0 Å². The molecule has 0 aromatic heterocycles. The molecule has 1 rings (SSSR count). The van der Waals surface area contributed by atoms with Crippen molar-refractivity contribution in [2.75, 3.05) is 13.2 Å². The maximum absolute atomic E-state index is 11.7. The van der Waals surface area contributed by atoms with E-state index in [1.165, 1.54) is 0 Å². The van der Waals surface area contributed by atoms with Gasteiger partial charge in [0.2, 0.25) is 5.91 Å². The van der Waals surface area contributed by atoms with Crippen LogP contribution in [0, 0.1) is 0 Å². The Morgan fingerprint density at radius 1 is 1.28 bits per heavy atom. The lowest BCUT2D eigenvalue weighted by molar-refractivity contribution is -0.122. The van der Waals surface area contributed by atoms with Crippen molar-refractivity contribution in [3.8, 4) is 0 Å². The molecule has 4 nitrogen and oxygen atoms in total. The third kappa shape index (κ3) is 4.76. The van der Waals surface area contributed by atoms with Crippen molar-refractivity contribution in [1.82, 2.24) is 5.32 Å². The maximum atomic E-state index is 11.7. The summed E-state index contributed by atoms with van der Waals surface area (Å²) in [4.78, 5) is 11.7. The fourth-order valence-corrected chi connectivity index (χ4v) is 1.89. The van der Waals surface area contributed by atoms with Gasteiger partial charge in [0.1, 0.15) is 0 Å². The van der Waals surface area contributed by atoms with Gasteiger partial charge in [-0.05, 0) is 23.6 Å². The highest BCUT2D eigenvalue weighted by molar-refractivity contribution is 9.10. The molecule has 5 heteroatoms. The van der Waals surface area contributed by atoms with Crippen molar-refractivity contribution < 1.29 is 15.0 Å². The minimum absolute atomic E-state index is 0.0936. The summed E-state index contributed by atoms with van der Waals surface area (Å²) in [5, 5.41) is 20.3.